The maximum absolute atomic E-state index is 10.8. The van der Waals surface area contributed by atoms with Gasteiger partial charge in [-0.1, -0.05) is 0 Å². The molecule has 0 spiro atoms. The first kappa shape index (κ1) is 13.8. The molecule has 1 amide bonds. The molecule has 2 heterocycles. The topological polar surface area (TPSA) is 55.6 Å². The lowest BCUT2D eigenvalue weighted by atomic mass is 9.91. The summed E-state index contributed by atoms with van der Waals surface area (Å²) >= 11 is 0. The van der Waals surface area contributed by atoms with E-state index < -0.39 is 0 Å². The van der Waals surface area contributed by atoms with Crippen LogP contribution in [-0.4, -0.2) is 43.7 Å². The Hall–Kier alpha value is -0.610. The van der Waals surface area contributed by atoms with Gasteiger partial charge in [0.15, 0.2) is 0 Å². The molecular formula is C14H26N2O2. The number of nitrogens with zero attached hydrogens (tertiary/aromatic N) is 1. The van der Waals surface area contributed by atoms with Crippen LogP contribution in [0.1, 0.15) is 38.5 Å². The minimum absolute atomic E-state index is 0.154. The lowest BCUT2D eigenvalue weighted by Crippen LogP contribution is -2.35. The predicted molar refractivity (Wildman–Crippen MR) is 71.1 cm³/mol. The highest BCUT2D eigenvalue weighted by Crippen LogP contribution is 2.23. The molecule has 0 radical (unpaired) electrons. The number of carbonyl (C=O) groups is 1. The molecule has 2 aliphatic heterocycles. The Labute approximate surface area is 110 Å². The molecule has 0 aromatic heterocycles. The van der Waals surface area contributed by atoms with Gasteiger partial charge in [0.2, 0.25) is 5.91 Å². The summed E-state index contributed by atoms with van der Waals surface area (Å²) in [6.07, 6.45) is 6.54. The lowest BCUT2D eigenvalue weighted by Gasteiger charge is -2.32. The molecule has 2 N–H and O–H groups in total. The van der Waals surface area contributed by atoms with Gasteiger partial charge in [-0.05, 0) is 63.6 Å². The Morgan fingerprint density at radius 3 is 2.56 bits per heavy atom. The van der Waals surface area contributed by atoms with Crippen LogP contribution in [0, 0.1) is 11.8 Å². The van der Waals surface area contributed by atoms with Crippen LogP contribution in [0.15, 0.2) is 0 Å². The van der Waals surface area contributed by atoms with E-state index in [0.717, 1.165) is 25.6 Å². The molecule has 0 bridgehead atoms. The average molecular weight is 254 g/mol. The minimum atomic E-state index is -0.154. The highest BCUT2D eigenvalue weighted by Gasteiger charge is 2.21. The van der Waals surface area contributed by atoms with Crippen molar-refractivity contribution in [1.82, 2.24) is 4.90 Å². The van der Waals surface area contributed by atoms with Gasteiger partial charge in [0.1, 0.15) is 0 Å². The van der Waals surface area contributed by atoms with Crippen LogP contribution < -0.4 is 5.73 Å². The maximum Gasteiger partial charge on any atom is 0.217 e. The van der Waals surface area contributed by atoms with Crippen LogP contribution in [0.25, 0.3) is 0 Å². The smallest absolute Gasteiger partial charge is 0.217 e. The summed E-state index contributed by atoms with van der Waals surface area (Å²) in [7, 11) is 0. The zero-order valence-corrected chi connectivity index (χ0v) is 11.3. The zero-order valence-electron chi connectivity index (χ0n) is 11.3. The number of primary amides is 1. The minimum Gasteiger partial charge on any atom is -0.381 e. The van der Waals surface area contributed by atoms with E-state index in [1.807, 2.05) is 0 Å². The molecule has 0 aliphatic carbocycles. The van der Waals surface area contributed by atoms with E-state index in [1.54, 1.807) is 0 Å². The first-order valence-corrected chi connectivity index (χ1v) is 7.32. The van der Waals surface area contributed by atoms with E-state index in [9.17, 15) is 4.79 Å². The van der Waals surface area contributed by atoms with Gasteiger partial charge in [0, 0.05) is 19.6 Å². The molecule has 2 fully saturated rings. The summed E-state index contributed by atoms with van der Waals surface area (Å²) < 4.78 is 5.41. The van der Waals surface area contributed by atoms with E-state index in [4.69, 9.17) is 10.5 Å². The number of rotatable bonds is 6. The van der Waals surface area contributed by atoms with Gasteiger partial charge in [0.25, 0.3) is 0 Å². The molecule has 2 aliphatic rings. The van der Waals surface area contributed by atoms with Gasteiger partial charge in [0.05, 0.1) is 0 Å². The molecule has 1 unspecified atom stereocenters. The second-order valence-electron chi connectivity index (χ2n) is 5.81. The summed E-state index contributed by atoms with van der Waals surface area (Å²) in [4.78, 5) is 13.3. The van der Waals surface area contributed by atoms with Crippen molar-refractivity contribution in [2.75, 3.05) is 32.8 Å². The first-order chi connectivity index (χ1) is 8.74. The Bertz CT molecular complexity index is 257. The number of hydrogen-bond donors (Lipinski definition) is 1. The van der Waals surface area contributed by atoms with Gasteiger partial charge in [-0.25, -0.2) is 0 Å². The number of carbonyl (C=O) groups excluding carboxylic acids is 1. The van der Waals surface area contributed by atoms with Gasteiger partial charge in [-0.2, -0.15) is 0 Å². The van der Waals surface area contributed by atoms with E-state index in [1.165, 1.54) is 45.3 Å². The van der Waals surface area contributed by atoms with Crippen LogP contribution >= 0.6 is 0 Å². The number of piperidine rings is 1. The highest BCUT2D eigenvalue weighted by atomic mass is 16.5. The summed E-state index contributed by atoms with van der Waals surface area (Å²) in [5.41, 5.74) is 5.19. The predicted octanol–water partition coefficient (Wildman–Crippen LogP) is 1.39. The molecule has 1 atom stereocenters. The van der Waals surface area contributed by atoms with Crippen molar-refractivity contribution in [3.05, 3.63) is 0 Å². The number of nitrogens with two attached hydrogens (primary N) is 1. The second-order valence-corrected chi connectivity index (χ2v) is 5.81. The van der Waals surface area contributed by atoms with Crippen molar-refractivity contribution in [3.63, 3.8) is 0 Å². The van der Waals surface area contributed by atoms with E-state index >= 15 is 0 Å². The fraction of sp³-hybridized carbons (Fsp3) is 0.929. The van der Waals surface area contributed by atoms with Gasteiger partial charge in [-0.15, -0.1) is 0 Å². The van der Waals surface area contributed by atoms with E-state index in [0.29, 0.717) is 12.3 Å². The second kappa shape index (κ2) is 7.10. The van der Waals surface area contributed by atoms with Crippen molar-refractivity contribution in [2.45, 2.75) is 38.5 Å². The van der Waals surface area contributed by atoms with Gasteiger partial charge in [-0.3, -0.25) is 4.79 Å². The van der Waals surface area contributed by atoms with Crippen LogP contribution in [0.3, 0.4) is 0 Å². The SMILES string of the molecule is NC(=O)CCC1CCN(CCC2CCOC2)CC1. The molecule has 0 aromatic carbocycles. The van der Waals surface area contributed by atoms with Gasteiger partial charge >= 0.3 is 0 Å². The molecule has 4 nitrogen and oxygen atoms in total. The number of hydrogen-bond acceptors (Lipinski definition) is 3. The zero-order chi connectivity index (χ0) is 12.8. The quantitative estimate of drug-likeness (QED) is 0.779. The Morgan fingerprint density at radius 2 is 1.94 bits per heavy atom. The van der Waals surface area contributed by atoms with E-state index in [2.05, 4.69) is 4.90 Å². The van der Waals surface area contributed by atoms with Crippen molar-refractivity contribution in [1.29, 1.82) is 0 Å². The molecule has 104 valence electrons. The molecule has 0 aromatic rings. The Morgan fingerprint density at radius 1 is 1.17 bits per heavy atom. The van der Waals surface area contributed by atoms with Crippen molar-refractivity contribution < 1.29 is 9.53 Å². The van der Waals surface area contributed by atoms with Crippen LogP contribution in [0.4, 0.5) is 0 Å². The molecule has 2 rings (SSSR count). The van der Waals surface area contributed by atoms with Crippen molar-refractivity contribution >= 4 is 5.91 Å². The maximum atomic E-state index is 10.8. The standard InChI is InChI=1S/C14H26N2O2/c15-14(17)2-1-12-3-7-16(8-4-12)9-5-13-6-10-18-11-13/h12-13H,1-11H2,(H2,15,17). The fourth-order valence-electron chi connectivity index (χ4n) is 3.02. The van der Waals surface area contributed by atoms with Crippen molar-refractivity contribution in [3.8, 4) is 0 Å². The number of amides is 1. The number of ether oxygens (including phenoxy) is 1. The monoisotopic (exact) mass is 254 g/mol. The normalized spacial score (nSPS) is 26.6. The van der Waals surface area contributed by atoms with Crippen LogP contribution in [0.2, 0.25) is 0 Å². The van der Waals surface area contributed by atoms with Crippen LogP contribution in [0.5, 0.6) is 0 Å². The molecule has 2 saturated heterocycles. The van der Waals surface area contributed by atoms with Crippen LogP contribution in [-0.2, 0) is 9.53 Å². The fourth-order valence-corrected chi connectivity index (χ4v) is 3.02. The highest BCUT2D eigenvalue weighted by molar-refractivity contribution is 5.73. The summed E-state index contributed by atoms with van der Waals surface area (Å²) in [5.74, 6) is 1.35. The van der Waals surface area contributed by atoms with Crippen molar-refractivity contribution in [2.24, 2.45) is 17.6 Å². The first-order valence-electron chi connectivity index (χ1n) is 7.32. The molecule has 18 heavy (non-hydrogen) atoms. The van der Waals surface area contributed by atoms with Gasteiger partial charge < -0.3 is 15.4 Å². The lowest BCUT2D eigenvalue weighted by molar-refractivity contribution is -0.118. The third kappa shape index (κ3) is 4.58. The summed E-state index contributed by atoms with van der Waals surface area (Å²) in [5, 5.41) is 0. The third-order valence-electron chi connectivity index (χ3n) is 4.38. The molecule has 0 saturated carbocycles. The Balaban J connectivity index is 1.56. The third-order valence-corrected chi connectivity index (χ3v) is 4.38. The summed E-state index contributed by atoms with van der Waals surface area (Å²) in [6.45, 7) is 5.53. The van der Waals surface area contributed by atoms with E-state index in [-0.39, 0.29) is 5.91 Å². The Kier molecular flexibility index (Phi) is 5.45. The largest absolute Gasteiger partial charge is 0.381 e. The molecular weight excluding hydrogens is 228 g/mol. The summed E-state index contributed by atoms with van der Waals surface area (Å²) in [6, 6.07) is 0. The average Bonchev–Trinajstić information content (AvgIpc) is 2.88. The molecule has 4 heteroatoms. The number of likely N-dealkylation sites (tertiary alicyclic amines) is 1.